The molecule has 0 aliphatic heterocycles. The molecule has 2 aromatic rings. The van der Waals surface area contributed by atoms with Gasteiger partial charge in [-0.1, -0.05) is 46.9 Å². The van der Waals surface area contributed by atoms with E-state index in [4.69, 9.17) is 39.5 Å². The Morgan fingerprint density at radius 2 is 1.62 bits per heavy atom. The van der Waals surface area contributed by atoms with Gasteiger partial charge in [-0.2, -0.15) is 0 Å². The van der Waals surface area contributed by atoms with Crippen molar-refractivity contribution in [2.45, 2.75) is 24.8 Å². The van der Waals surface area contributed by atoms with E-state index in [1.807, 2.05) is 6.92 Å². The van der Waals surface area contributed by atoms with Gasteiger partial charge >= 0.3 is 0 Å². The van der Waals surface area contributed by atoms with Gasteiger partial charge in [0.2, 0.25) is 10.0 Å². The molecule has 130 valence electrons. The SMILES string of the molecule is CCOc1ccc(C(C)NS(=O)(=O)c2cc(Cl)c(Cl)cc2Cl)cc1. The zero-order valence-electron chi connectivity index (χ0n) is 13.0. The monoisotopic (exact) mass is 407 g/mol. The maximum atomic E-state index is 12.5. The molecular weight excluding hydrogens is 393 g/mol. The lowest BCUT2D eigenvalue weighted by Crippen LogP contribution is -2.27. The minimum Gasteiger partial charge on any atom is -0.494 e. The molecule has 1 N–H and O–H groups in total. The first kappa shape index (κ1) is 19.3. The second-order valence-electron chi connectivity index (χ2n) is 5.04. The van der Waals surface area contributed by atoms with Crippen molar-refractivity contribution in [1.82, 2.24) is 4.72 Å². The summed E-state index contributed by atoms with van der Waals surface area (Å²) in [5, 5.41) is 0.325. The molecule has 0 saturated carbocycles. The average molecular weight is 409 g/mol. The van der Waals surface area contributed by atoms with Crippen molar-refractivity contribution in [2.75, 3.05) is 6.61 Å². The van der Waals surface area contributed by atoms with Gasteiger partial charge in [0.25, 0.3) is 0 Å². The van der Waals surface area contributed by atoms with Crippen LogP contribution in [0.25, 0.3) is 0 Å². The minimum absolute atomic E-state index is 0.00999. The lowest BCUT2D eigenvalue weighted by atomic mass is 10.1. The van der Waals surface area contributed by atoms with Crippen molar-refractivity contribution in [2.24, 2.45) is 0 Å². The molecule has 0 heterocycles. The van der Waals surface area contributed by atoms with Gasteiger partial charge in [-0.25, -0.2) is 13.1 Å². The second-order valence-corrected chi connectivity index (χ2v) is 7.95. The number of ether oxygens (including phenoxy) is 1. The number of hydrogen-bond donors (Lipinski definition) is 1. The van der Waals surface area contributed by atoms with Gasteiger partial charge in [0.1, 0.15) is 10.6 Å². The van der Waals surface area contributed by atoms with Crippen molar-refractivity contribution >= 4 is 44.8 Å². The van der Waals surface area contributed by atoms with Crippen LogP contribution in [0.4, 0.5) is 0 Å². The van der Waals surface area contributed by atoms with E-state index in [-0.39, 0.29) is 20.0 Å². The Balaban J connectivity index is 2.23. The van der Waals surface area contributed by atoms with Gasteiger partial charge in [-0.05, 0) is 43.7 Å². The normalized spacial score (nSPS) is 12.9. The summed E-state index contributed by atoms with van der Waals surface area (Å²) >= 11 is 17.7. The molecule has 0 fully saturated rings. The molecular formula is C16H16Cl3NO3S. The number of halogens is 3. The molecule has 8 heteroatoms. The summed E-state index contributed by atoms with van der Waals surface area (Å²) in [7, 11) is -3.85. The Kier molecular flexibility index (Phi) is 6.39. The average Bonchev–Trinajstić information content (AvgIpc) is 2.51. The van der Waals surface area contributed by atoms with Gasteiger partial charge in [0.05, 0.1) is 21.7 Å². The zero-order valence-corrected chi connectivity index (χ0v) is 16.1. The molecule has 0 aliphatic carbocycles. The fourth-order valence-electron chi connectivity index (χ4n) is 2.09. The molecule has 24 heavy (non-hydrogen) atoms. The van der Waals surface area contributed by atoms with Crippen LogP contribution in [0.1, 0.15) is 25.5 Å². The molecule has 2 aromatic carbocycles. The Hall–Kier alpha value is -0.980. The first-order chi connectivity index (χ1) is 11.2. The fourth-order valence-corrected chi connectivity index (χ4v) is 4.33. The van der Waals surface area contributed by atoms with E-state index in [2.05, 4.69) is 4.72 Å². The summed E-state index contributed by atoms with van der Waals surface area (Å²) in [5.74, 6) is 0.726. The Labute approximate surface area is 156 Å². The van der Waals surface area contributed by atoms with Gasteiger partial charge in [0.15, 0.2) is 0 Å². The Bertz CT molecular complexity index is 823. The van der Waals surface area contributed by atoms with E-state index in [1.54, 1.807) is 31.2 Å². The van der Waals surface area contributed by atoms with Crippen LogP contribution in [0.5, 0.6) is 5.75 Å². The van der Waals surface area contributed by atoms with Crippen LogP contribution in [0.3, 0.4) is 0 Å². The quantitative estimate of drug-likeness (QED) is 0.678. The molecule has 0 aromatic heterocycles. The molecule has 1 atom stereocenters. The van der Waals surface area contributed by atoms with Crippen molar-refractivity contribution in [3.8, 4) is 5.75 Å². The van der Waals surface area contributed by atoms with Crippen molar-refractivity contribution in [1.29, 1.82) is 0 Å². The third-order valence-electron chi connectivity index (χ3n) is 3.29. The van der Waals surface area contributed by atoms with Crippen LogP contribution < -0.4 is 9.46 Å². The lowest BCUT2D eigenvalue weighted by Gasteiger charge is -2.16. The van der Waals surface area contributed by atoms with E-state index >= 15 is 0 Å². The predicted molar refractivity (Wildman–Crippen MR) is 97.8 cm³/mol. The van der Waals surface area contributed by atoms with Crippen LogP contribution in [-0.2, 0) is 10.0 Å². The summed E-state index contributed by atoms with van der Waals surface area (Å²) < 4.78 is 33.0. The van der Waals surface area contributed by atoms with Gasteiger partial charge in [-0.15, -0.1) is 0 Å². The molecule has 0 aliphatic rings. The molecule has 0 spiro atoms. The highest BCUT2D eigenvalue weighted by Gasteiger charge is 2.22. The number of hydrogen-bond acceptors (Lipinski definition) is 3. The van der Waals surface area contributed by atoms with E-state index < -0.39 is 16.1 Å². The lowest BCUT2D eigenvalue weighted by molar-refractivity contribution is 0.340. The van der Waals surface area contributed by atoms with Crippen molar-refractivity contribution < 1.29 is 13.2 Å². The van der Waals surface area contributed by atoms with Crippen molar-refractivity contribution in [3.63, 3.8) is 0 Å². The van der Waals surface area contributed by atoms with E-state index in [1.165, 1.54) is 12.1 Å². The molecule has 0 radical (unpaired) electrons. The van der Waals surface area contributed by atoms with Crippen LogP contribution in [0, 0.1) is 0 Å². The predicted octanol–water partition coefficient (Wildman–Crippen LogP) is 5.09. The summed E-state index contributed by atoms with van der Waals surface area (Å²) in [6, 6.07) is 9.26. The molecule has 4 nitrogen and oxygen atoms in total. The van der Waals surface area contributed by atoms with Crippen LogP contribution in [-0.4, -0.2) is 15.0 Å². The maximum absolute atomic E-state index is 12.5. The van der Waals surface area contributed by atoms with Crippen LogP contribution >= 0.6 is 34.8 Å². The standard InChI is InChI=1S/C16H16Cl3NO3S/c1-3-23-12-6-4-11(5-7-12)10(2)20-24(21,22)16-9-14(18)13(17)8-15(16)19/h4-10,20H,3H2,1-2H3. The molecule has 0 saturated heterocycles. The number of sulfonamides is 1. The minimum atomic E-state index is -3.85. The maximum Gasteiger partial charge on any atom is 0.242 e. The van der Waals surface area contributed by atoms with Crippen molar-refractivity contribution in [3.05, 3.63) is 57.0 Å². The summed E-state index contributed by atoms with van der Waals surface area (Å²) in [5.41, 5.74) is 0.790. The number of nitrogens with one attached hydrogen (secondary N) is 1. The number of benzene rings is 2. The molecule has 2 rings (SSSR count). The van der Waals surface area contributed by atoms with Crippen LogP contribution in [0.15, 0.2) is 41.3 Å². The third-order valence-corrected chi connectivity index (χ3v) is 6.01. The topological polar surface area (TPSA) is 55.4 Å². The molecule has 1 unspecified atom stereocenters. The Morgan fingerprint density at radius 3 is 2.21 bits per heavy atom. The second kappa shape index (κ2) is 7.93. The first-order valence-corrected chi connectivity index (χ1v) is 9.76. The van der Waals surface area contributed by atoms with Gasteiger partial charge in [0, 0.05) is 6.04 Å². The first-order valence-electron chi connectivity index (χ1n) is 7.14. The molecule has 0 bridgehead atoms. The van der Waals surface area contributed by atoms with Crippen LogP contribution in [0.2, 0.25) is 15.1 Å². The zero-order chi connectivity index (χ0) is 17.9. The molecule has 0 amide bonds. The highest BCUT2D eigenvalue weighted by atomic mass is 35.5. The smallest absolute Gasteiger partial charge is 0.242 e. The van der Waals surface area contributed by atoms with Gasteiger partial charge in [-0.3, -0.25) is 0 Å². The third kappa shape index (κ3) is 4.55. The fraction of sp³-hybridized carbons (Fsp3) is 0.250. The van der Waals surface area contributed by atoms with E-state index in [0.717, 1.165) is 11.3 Å². The summed E-state index contributed by atoms with van der Waals surface area (Å²) in [6.45, 7) is 4.20. The largest absolute Gasteiger partial charge is 0.494 e. The summed E-state index contributed by atoms with van der Waals surface area (Å²) in [4.78, 5) is -0.114. The highest BCUT2D eigenvalue weighted by Crippen LogP contribution is 2.32. The number of rotatable bonds is 6. The van der Waals surface area contributed by atoms with Gasteiger partial charge < -0.3 is 4.74 Å². The highest BCUT2D eigenvalue weighted by molar-refractivity contribution is 7.89. The van der Waals surface area contributed by atoms with E-state index in [9.17, 15) is 8.42 Å². The van der Waals surface area contributed by atoms with E-state index in [0.29, 0.717) is 6.61 Å². The Morgan fingerprint density at radius 1 is 1.04 bits per heavy atom. The summed E-state index contributed by atoms with van der Waals surface area (Å²) in [6.07, 6.45) is 0.